The van der Waals surface area contributed by atoms with Crippen LogP contribution < -0.4 is 0 Å². The fourth-order valence-electron chi connectivity index (χ4n) is 1.19. The third kappa shape index (κ3) is 0.478. The molecule has 0 bridgehead atoms. The first-order valence-corrected chi connectivity index (χ1v) is 3.17. The molecule has 3 nitrogen and oxygen atoms in total. The Morgan fingerprint density at radius 2 is 2.00 bits per heavy atom. The van der Waals surface area contributed by atoms with Gasteiger partial charge >= 0.3 is 0 Å². The summed E-state index contributed by atoms with van der Waals surface area (Å²) >= 11 is 0. The van der Waals surface area contributed by atoms with Crippen LogP contribution in [0.5, 0.6) is 0 Å². The van der Waals surface area contributed by atoms with Gasteiger partial charge in [0.2, 0.25) is 5.79 Å². The molecule has 2 saturated heterocycles. The van der Waals surface area contributed by atoms with E-state index in [0.29, 0.717) is 0 Å². The molecule has 2 fully saturated rings. The summed E-state index contributed by atoms with van der Waals surface area (Å²) in [6.45, 7) is 4.65. The Labute approximate surface area is 53.8 Å². The first kappa shape index (κ1) is 5.65. The highest BCUT2D eigenvalue weighted by molar-refractivity contribution is 4.97. The van der Waals surface area contributed by atoms with Crippen molar-refractivity contribution >= 4 is 0 Å². The van der Waals surface area contributed by atoms with Crippen molar-refractivity contribution < 1.29 is 14.5 Å². The predicted molar refractivity (Wildman–Crippen MR) is 29.5 cm³/mol. The van der Waals surface area contributed by atoms with Gasteiger partial charge in [-0.15, -0.1) is 0 Å². The van der Waals surface area contributed by atoms with Gasteiger partial charge in [0.05, 0.1) is 6.61 Å². The molecule has 0 aromatic heterocycles. The highest BCUT2D eigenvalue weighted by Crippen LogP contribution is 2.47. The molecule has 2 aliphatic rings. The average Bonchev–Trinajstić information content (AvgIpc) is 1.98. The second kappa shape index (κ2) is 1.31. The molecular formula is C6H10O3. The maximum atomic E-state index is 5.30. The molecule has 0 spiro atoms. The monoisotopic (exact) mass is 130 g/mol. The van der Waals surface area contributed by atoms with E-state index < -0.39 is 5.79 Å². The van der Waals surface area contributed by atoms with Gasteiger partial charge < -0.3 is 4.74 Å². The summed E-state index contributed by atoms with van der Waals surface area (Å²) in [4.78, 5) is 9.74. The molecule has 0 amide bonds. The van der Waals surface area contributed by atoms with Crippen molar-refractivity contribution in [2.45, 2.75) is 31.7 Å². The van der Waals surface area contributed by atoms with Gasteiger partial charge in [-0.05, 0) is 13.8 Å². The van der Waals surface area contributed by atoms with Crippen molar-refractivity contribution in [1.29, 1.82) is 0 Å². The quantitative estimate of drug-likeness (QED) is 0.455. The molecular weight excluding hydrogens is 120 g/mol. The molecule has 0 unspecified atom stereocenters. The van der Waals surface area contributed by atoms with Crippen LogP contribution in [-0.4, -0.2) is 18.0 Å². The largest absolute Gasteiger partial charge is 0.345 e. The van der Waals surface area contributed by atoms with Gasteiger partial charge in [-0.2, -0.15) is 4.89 Å². The van der Waals surface area contributed by atoms with Crippen LogP contribution in [0.2, 0.25) is 0 Å². The molecule has 3 heteroatoms. The number of hydrogen-bond acceptors (Lipinski definition) is 3. The van der Waals surface area contributed by atoms with Crippen molar-refractivity contribution in [3.63, 3.8) is 0 Å². The first-order valence-electron chi connectivity index (χ1n) is 3.17. The van der Waals surface area contributed by atoms with E-state index in [9.17, 15) is 0 Å². The van der Waals surface area contributed by atoms with E-state index in [1.807, 2.05) is 13.8 Å². The zero-order chi connectivity index (χ0) is 6.54. The molecule has 2 rings (SSSR count). The molecule has 0 aromatic rings. The van der Waals surface area contributed by atoms with Crippen molar-refractivity contribution in [2.24, 2.45) is 0 Å². The van der Waals surface area contributed by atoms with Crippen molar-refractivity contribution in [2.75, 3.05) is 6.61 Å². The van der Waals surface area contributed by atoms with E-state index >= 15 is 0 Å². The van der Waals surface area contributed by atoms with Crippen LogP contribution >= 0.6 is 0 Å². The van der Waals surface area contributed by atoms with Gasteiger partial charge in [-0.3, -0.25) is 0 Å². The van der Waals surface area contributed by atoms with Crippen LogP contribution in [0.1, 0.15) is 20.3 Å². The third-order valence-corrected chi connectivity index (χ3v) is 2.30. The maximum absolute atomic E-state index is 5.30. The molecule has 2 heterocycles. The van der Waals surface area contributed by atoms with E-state index in [1.54, 1.807) is 0 Å². The average molecular weight is 130 g/mol. The first-order chi connectivity index (χ1) is 4.16. The topological polar surface area (TPSA) is 27.7 Å². The van der Waals surface area contributed by atoms with Gasteiger partial charge in [0.1, 0.15) is 0 Å². The minimum Gasteiger partial charge on any atom is -0.345 e. The maximum Gasteiger partial charge on any atom is 0.231 e. The van der Waals surface area contributed by atoms with Gasteiger partial charge in [0.15, 0.2) is 5.60 Å². The van der Waals surface area contributed by atoms with E-state index in [1.165, 1.54) is 0 Å². The molecule has 2 aliphatic heterocycles. The molecule has 0 aliphatic carbocycles. The van der Waals surface area contributed by atoms with E-state index in [2.05, 4.69) is 0 Å². The van der Waals surface area contributed by atoms with Crippen LogP contribution in [0.25, 0.3) is 0 Å². The molecule has 0 saturated carbocycles. The summed E-state index contributed by atoms with van der Waals surface area (Å²) < 4.78 is 5.30. The minimum absolute atomic E-state index is 0.174. The lowest BCUT2D eigenvalue weighted by molar-refractivity contribution is -0.581. The number of fused-ring (bicyclic) bond motifs is 1. The summed E-state index contributed by atoms with van der Waals surface area (Å²) in [6, 6.07) is 0. The van der Waals surface area contributed by atoms with Crippen LogP contribution in [0.15, 0.2) is 0 Å². The normalized spacial score (nSPS) is 56.7. The molecule has 9 heavy (non-hydrogen) atoms. The number of ether oxygens (including phenoxy) is 1. The van der Waals surface area contributed by atoms with Crippen molar-refractivity contribution in [3.05, 3.63) is 0 Å². The van der Waals surface area contributed by atoms with E-state index in [-0.39, 0.29) is 5.60 Å². The Kier molecular flexibility index (Phi) is 0.822. The Morgan fingerprint density at radius 1 is 1.22 bits per heavy atom. The van der Waals surface area contributed by atoms with Gasteiger partial charge in [0.25, 0.3) is 0 Å². The van der Waals surface area contributed by atoms with Crippen molar-refractivity contribution in [3.8, 4) is 0 Å². The zero-order valence-electron chi connectivity index (χ0n) is 5.64. The summed E-state index contributed by atoms with van der Waals surface area (Å²) in [5, 5.41) is 0. The highest BCUT2D eigenvalue weighted by atomic mass is 17.3. The number of hydrogen-bond donors (Lipinski definition) is 0. The van der Waals surface area contributed by atoms with E-state index in [4.69, 9.17) is 14.5 Å². The molecule has 0 N–H and O–H groups in total. The fourth-order valence-corrected chi connectivity index (χ4v) is 1.19. The lowest BCUT2D eigenvalue weighted by Gasteiger charge is -2.46. The van der Waals surface area contributed by atoms with Crippen LogP contribution in [0.4, 0.5) is 0 Å². The summed E-state index contributed by atoms with van der Waals surface area (Å²) in [6.07, 6.45) is 0.934. The van der Waals surface area contributed by atoms with Crippen molar-refractivity contribution in [1.82, 2.24) is 0 Å². The van der Waals surface area contributed by atoms with Gasteiger partial charge in [0, 0.05) is 6.42 Å². The minimum atomic E-state index is -0.451. The van der Waals surface area contributed by atoms with Gasteiger partial charge in [-0.25, -0.2) is 4.89 Å². The molecule has 52 valence electrons. The number of rotatable bonds is 0. The SMILES string of the molecule is C[C@]12OCC[C@@]1(C)OO2. The predicted octanol–water partition coefficient (Wildman–Crippen LogP) is 0.843. The Bertz CT molecular complexity index is 131. The standard InChI is InChI=1S/C6H10O3/c1-5-3-4-7-6(5,2)9-8-5/h3-4H2,1-2H3/t5-,6-/m1/s1. The second-order valence-corrected chi connectivity index (χ2v) is 2.94. The summed E-state index contributed by atoms with van der Waals surface area (Å²) in [5.74, 6) is -0.451. The van der Waals surface area contributed by atoms with Crippen LogP contribution in [0.3, 0.4) is 0 Å². The summed E-state index contributed by atoms with van der Waals surface area (Å²) in [5.41, 5.74) is -0.174. The lowest BCUT2D eigenvalue weighted by Crippen LogP contribution is -2.60. The second-order valence-electron chi connectivity index (χ2n) is 2.94. The Morgan fingerprint density at radius 3 is 2.22 bits per heavy atom. The Hall–Kier alpha value is -0.120. The molecule has 0 aromatic carbocycles. The molecule has 0 radical (unpaired) electrons. The third-order valence-electron chi connectivity index (χ3n) is 2.30. The van der Waals surface area contributed by atoms with Gasteiger partial charge in [-0.1, -0.05) is 0 Å². The summed E-state index contributed by atoms with van der Waals surface area (Å²) in [7, 11) is 0. The Balaban J connectivity index is 2.26. The fraction of sp³-hybridized carbons (Fsp3) is 1.00. The molecule has 2 atom stereocenters. The van der Waals surface area contributed by atoms with E-state index in [0.717, 1.165) is 13.0 Å². The lowest BCUT2D eigenvalue weighted by atomic mass is 9.94. The zero-order valence-corrected chi connectivity index (χ0v) is 5.64. The highest BCUT2D eigenvalue weighted by Gasteiger charge is 2.63. The smallest absolute Gasteiger partial charge is 0.231 e. The van der Waals surface area contributed by atoms with Crippen LogP contribution in [0, 0.1) is 0 Å². The van der Waals surface area contributed by atoms with Crippen LogP contribution in [-0.2, 0) is 14.5 Å².